The van der Waals surface area contributed by atoms with Gasteiger partial charge in [0.25, 0.3) is 0 Å². The third-order valence-corrected chi connectivity index (χ3v) is 5.04. The number of hydrogen-bond donors (Lipinski definition) is 0. The average Bonchev–Trinajstić information content (AvgIpc) is 2.28. The number of carbonyl (C=O) groups is 2. The molecular formula is C12H18O4S2. The fourth-order valence-corrected chi connectivity index (χ4v) is 3.90. The molecule has 0 spiro atoms. The van der Waals surface area contributed by atoms with Crippen LogP contribution in [-0.4, -0.2) is 40.7 Å². The zero-order chi connectivity index (χ0) is 13.5. The average molecular weight is 290 g/mol. The molecule has 102 valence electrons. The number of hydrogen-bond acceptors (Lipinski definition) is 6. The molecule has 1 saturated heterocycles. The lowest BCUT2D eigenvalue weighted by Gasteiger charge is -2.25. The molecule has 0 N–H and O–H groups in total. The number of ether oxygens (including phenoxy) is 2. The van der Waals surface area contributed by atoms with Gasteiger partial charge in [0, 0.05) is 22.3 Å². The lowest BCUT2D eigenvalue weighted by Crippen LogP contribution is -2.25. The molecule has 1 fully saturated rings. The second kappa shape index (κ2) is 7.74. The van der Waals surface area contributed by atoms with Crippen LogP contribution < -0.4 is 0 Å². The van der Waals surface area contributed by atoms with Crippen molar-refractivity contribution in [2.45, 2.75) is 31.0 Å². The van der Waals surface area contributed by atoms with E-state index in [1.807, 2.05) is 0 Å². The molecule has 2 atom stereocenters. The SMILES string of the molecule is C=C(C)C(=O)OCCC(=O)OC1CSCC(C)S1. The van der Waals surface area contributed by atoms with Crippen molar-refractivity contribution in [3.8, 4) is 0 Å². The molecule has 0 amide bonds. The molecule has 0 bridgehead atoms. The van der Waals surface area contributed by atoms with Crippen LogP contribution in [0.2, 0.25) is 0 Å². The Morgan fingerprint density at radius 3 is 2.72 bits per heavy atom. The van der Waals surface area contributed by atoms with Gasteiger partial charge in [-0.3, -0.25) is 4.79 Å². The molecular weight excluding hydrogens is 272 g/mol. The van der Waals surface area contributed by atoms with Gasteiger partial charge < -0.3 is 9.47 Å². The second-order valence-corrected chi connectivity index (χ2v) is 6.75. The number of esters is 2. The summed E-state index contributed by atoms with van der Waals surface area (Å²) in [7, 11) is 0. The molecule has 1 rings (SSSR count). The Morgan fingerprint density at radius 1 is 1.39 bits per heavy atom. The van der Waals surface area contributed by atoms with Crippen LogP contribution in [0.3, 0.4) is 0 Å². The minimum Gasteiger partial charge on any atom is -0.462 e. The number of carbonyl (C=O) groups excluding carboxylic acids is 2. The predicted molar refractivity (Wildman–Crippen MR) is 74.6 cm³/mol. The molecule has 0 aromatic carbocycles. The van der Waals surface area contributed by atoms with E-state index in [1.54, 1.807) is 30.4 Å². The van der Waals surface area contributed by atoms with Crippen LogP contribution in [0.25, 0.3) is 0 Å². The van der Waals surface area contributed by atoms with Crippen LogP contribution in [0.1, 0.15) is 20.3 Å². The molecule has 6 heteroatoms. The number of rotatable bonds is 5. The van der Waals surface area contributed by atoms with E-state index in [-0.39, 0.29) is 24.4 Å². The van der Waals surface area contributed by atoms with Crippen molar-refractivity contribution in [3.63, 3.8) is 0 Å². The Hall–Kier alpha value is -0.620. The zero-order valence-electron chi connectivity index (χ0n) is 10.6. The molecule has 1 heterocycles. The van der Waals surface area contributed by atoms with Gasteiger partial charge in [-0.15, -0.1) is 11.8 Å². The van der Waals surface area contributed by atoms with Gasteiger partial charge in [0.1, 0.15) is 6.61 Å². The highest BCUT2D eigenvalue weighted by Gasteiger charge is 2.23. The van der Waals surface area contributed by atoms with Gasteiger partial charge in [0.05, 0.1) is 6.42 Å². The van der Waals surface area contributed by atoms with Gasteiger partial charge in [0.15, 0.2) is 5.44 Å². The molecule has 1 aliphatic rings. The topological polar surface area (TPSA) is 52.6 Å². The van der Waals surface area contributed by atoms with Crippen molar-refractivity contribution in [3.05, 3.63) is 12.2 Å². The highest BCUT2D eigenvalue weighted by molar-refractivity contribution is 8.07. The molecule has 0 saturated carbocycles. The molecule has 0 aromatic rings. The minimum atomic E-state index is -0.473. The fourth-order valence-electron chi connectivity index (χ4n) is 1.29. The second-order valence-electron chi connectivity index (χ2n) is 4.07. The van der Waals surface area contributed by atoms with Gasteiger partial charge in [-0.1, -0.05) is 13.5 Å². The van der Waals surface area contributed by atoms with E-state index in [4.69, 9.17) is 9.47 Å². The van der Waals surface area contributed by atoms with Gasteiger partial charge in [0.2, 0.25) is 0 Å². The number of thioether (sulfide) groups is 2. The smallest absolute Gasteiger partial charge is 0.333 e. The van der Waals surface area contributed by atoms with E-state index in [0.29, 0.717) is 10.8 Å². The Balaban J connectivity index is 2.17. The Labute approximate surface area is 116 Å². The lowest BCUT2D eigenvalue weighted by molar-refractivity contribution is -0.148. The summed E-state index contributed by atoms with van der Waals surface area (Å²) < 4.78 is 10.1. The van der Waals surface area contributed by atoms with Crippen molar-refractivity contribution >= 4 is 35.5 Å². The normalized spacial score (nSPS) is 23.2. The molecule has 2 unspecified atom stereocenters. The summed E-state index contributed by atoms with van der Waals surface area (Å²) in [6.07, 6.45) is 0.0924. The maximum absolute atomic E-state index is 11.5. The van der Waals surface area contributed by atoms with E-state index in [2.05, 4.69) is 13.5 Å². The first-order chi connectivity index (χ1) is 8.49. The van der Waals surface area contributed by atoms with Crippen molar-refractivity contribution in [2.75, 3.05) is 18.1 Å². The summed E-state index contributed by atoms with van der Waals surface area (Å²) >= 11 is 3.46. The van der Waals surface area contributed by atoms with E-state index >= 15 is 0 Å². The summed E-state index contributed by atoms with van der Waals surface area (Å²) in [6, 6.07) is 0. The highest BCUT2D eigenvalue weighted by atomic mass is 32.2. The van der Waals surface area contributed by atoms with E-state index in [1.165, 1.54) is 0 Å². The molecule has 18 heavy (non-hydrogen) atoms. The van der Waals surface area contributed by atoms with Crippen molar-refractivity contribution in [1.82, 2.24) is 0 Å². The Kier molecular flexibility index (Phi) is 6.63. The lowest BCUT2D eigenvalue weighted by atomic mass is 10.4. The molecule has 0 radical (unpaired) electrons. The van der Waals surface area contributed by atoms with Crippen molar-refractivity contribution in [1.29, 1.82) is 0 Å². The fraction of sp³-hybridized carbons (Fsp3) is 0.667. The van der Waals surface area contributed by atoms with Crippen LogP contribution >= 0.6 is 23.5 Å². The van der Waals surface area contributed by atoms with Gasteiger partial charge >= 0.3 is 11.9 Å². The van der Waals surface area contributed by atoms with E-state index in [0.717, 1.165) is 11.5 Å². The standard InChI is InChI=1S/C12H18O4S2/c1-8(2)12(14)15-5-4-10(13)16-11-7-17-6-9(3)18-11/h9,11H,1,4-7H2,2-3H3. The summed E-state index contributed by atoms with van der Waals surface area (Å²) in [5, 5.41) is 0.503. The first-order valence-electron chi connectivity index (χ1n) is 5.74. The van der Waals surface area contributed by atoms with Crippen LogP contribution in [-0.2, 0) is 19.1 Å². The summed E-state index contributed by atoms with van der Waals surface area (Å²) in [6.45, 7) is 7.19. The van der Waals surface area contributed by atoms with Crippen LogP contribution in [0.5, 0.6) is 0 Å². The zero-order valence-corrected chi connectivity index (χ0v) is 12.3. The van der Waals surface area contributed by atoms with Gasteiger partial charge in [-0.25, -0.2) is 4.79 Å². The van der Waals surface area contributed by atoms with Gasteiger partial charge in [-0.2, -0.15) is 11.8 Å². The van der Waals surface area contributed by atoms with Crippen LogP contribution in [0, 0.1) is 0 Å². The maximum Gasteiger partial charge on any atom is 0.333 e. The Morgan fingerprint density at radius 2 is 2.11 bits per heavy atom. The predicted octanol–water partition coefficient (Wildman–Crippen LogP) is 2.23. The largest absolute Gasteiger partial charge is 0.462 e. The first-order valence-corrected chi connectivity index (χ1v) is 7.84. The first kappa shape index (κ1) is 15.4. The highest BCUT2D eigenvalue weighted by Crippen LogP contribution is 2.30. The van der Waals surface area contributed by atoms with Gasteiger partial charge in [-0.05, 0) is 6.92 Å². The molecule has 0 aliphatic carbocycles. The van der Waals surface area contributed by atoms with Crippen molar-refractivity contribution in [2.24, 2.45) is 0 Å². The molecule has 4 nitrogen and oxygen atoms in total. The minimum absolute atomic E-state index is 0.0462. The Bertz CT molecular complexity index is 330. The third-order valence-electron chi connectivity index (χ3n) is 2.14. The monoisotopic (exact) mass is 290 g/mol. The third kappa shape index (κ3) is 5.82. The molecule has 1 aliphatic heterocycles. The van der Waals surface area contributed by atoms with Crippen molar-refractivity contribution < 1.29 is 19.1 Å². The quantitative estimate of drug-likeness (QED) is 0.572. The summed E-state index contributed by atoms with van der Waals surface area (Å²) in [4.78, 5) is 22.6. The van der Waals surface area contributed by atoms with E-state index < -0.39 is 5.97 Å². The molecule has 0 aromatic heterocycles. The maximum atomic E-state index is 11.5. The summed E-state index contributed by atoms with van der Waals surface area (Å²) in [5.41, 5.74) is 0.250. The summed E-state index contributed by atoms with van der Waals surface area (Å²) in [5.74, 6) is 1.12. The van der Waals surface area contributed by atoms with E-state index in [9.17, 15) is 9.59 Å². The van der Waals surface area contributed by atoms with Crippen LogP contribution in [0.4, 0.5) is 0 Å². The van der Waals surface area contributed by atoms with Crippen LogP contribution in [0.15, 0.2) is 12.2 Å².